The Morgan fingerprint density at radius 3 is 2.58 bits per heavy atom. The van der Waals surface area contributed by atoms with E-state index >= 15 is 0 Å². The number of ether oxygens (including phenoxy) is 1. The highest BCUT2D eigenvalue weighted by molar-refractivity contribution is 7.89. The van der Waals surface area contributed by atoms with Gasteiger partial charge in [-0.2, -0.15) is 0 Å². The molecule has 1 aromatic rings. The molecule has 0 aliphatic rings. The number of esters is 1. The zero-order valence-electron chi connectivity index (χ0n) is 11.1. The first-order valence-electron chi connectivity index (χ1n) is 5.64. The normalized spacial score (nSPS) is 12.2. The molecule has 0 spiro atoms. The molecule has 7 heteroatoms. The predicted molar refractivity (Wildman–Crippen MR) is 71.2 cm³/mol. The summed E-state index contributed by atoms with van der Waals surface area (Å²) >= 11 is 0. The minimum atomic E-state index is -3.73. The lowest BCUT2D eigenvalue weighted by atomic mass is 10.1. The molecule has 0 bridgehead atoms. The third-order valence-corrected chi connectivity index (χ3v) is 4.18. The minimum absolute atomic E-state index is 0.00285. The maximum Gasteiger partial charge on any atom is 0.337 e. The molecule has 6 nitrogen and oxygen atoms in total. The fourth-order valence-electron chi connectivity index (χ4n) is 1.37. The molecule has 0 aliphatic carbocycles. The van der Waals surface area contributed by atoms with Crippen LogP contribution in [0.15, 0.2) is 29.2 Å². The standard InChI is InChI=1S/C12H18N2O4S/c1-12(2,8-13)14-19(16,17)10-6-4-5-9(7-10)11(15)18-3/h4-7,14H,8,13H2,1-3H3. The Morgan fingerprint density at radius 2 is 2.05 bits per heavy atom. The fourth-order valence-corrected chi connectivity index (χ4v) is 2.84. The predicted octanol–water partition coefficient (Wildman–Crippen LogP) is 0.489. The van der Waals surface area contributed by atoms with Gasteiger partial charge in [-0.25, -0.2) is 17.9 Å². The van der Waals surface area contributed by atoms with Crippen LogP contribution in [0.1, 0.15) is 24.2 Å². The zero-order chi connectivity index (χ0) is 14.7. The highest BCUT2D eigenvalue weighted by Gasteiger charge is 2.25. The van der Waals surface area contributed by atoms with Crippen LogP contribution in [0.5, 0.6) is 0 Å². The first-order valence-corrected chi connectivity index (χ1v) is 7.12. The van der Waals surface area contributed by atoms with E-state index in [9.17, 15) is 13.2 Å². The summed E-state index contributed by atoms with van der Waals surface area (Å²) in [4.78, 5) is 11.4. The van der Waals surface area contributed by atoms with Crippen molar-refractivity contribution in [2.45, 2.75) is 24.3 Å². The molecular formula is C12H18N2O4S. The van der Waals surface area contributed by atoms with Crippen LogP contribution in [0.2, 0.25) is 0 Å². The van der Waals surface area contributed by atoms with Gasteiger partial charge in [0.25, 0.3) is 0 Å². The monoisotopic (exact) mass is 286 g/mol. The lowest BCUT2D eigenvalue weighted by Gasteiger charge is -2.23. The third kappa shape index (κ3) is 4.02. The van der Waals surface area contributed by atoms with Crippen LogP contribution >= 0.6 is 0 Å². The topological polar surface area (TPSA) is 98.5 Å². The van der Waals surface area contributed by atoms with Crippen LogP contribution in [0, 0.1) is 0 Å². The summed E-state index contributed by atoms with van der Waals surface area (Å²) in [6.07, 6.45) is 0. The van der Waals surface area contributed by atoms with Gasteiger partial charge in [-0.05, 0) is 32.0 Å². The Hall–Kier alpha value is -1.44. The number of methoxy groups -OCH3 is 1. The van der Waals surface area contributed by atoms with Crippen molar-refractivity contribution in [3.05, 3.63) is 29.8 Å². The number of hydrogen-bond acceptors (Lipinski definition) is 5. The van der Waals surface area contributed by atoms with Crippen LogP contribution in [0.4, 0.5) is 0 Å². The van der Waals surface area contributed by atoms with Gasteiger partial charge in [-0.15, -0.1) is 0 Å². The summed E-state index contributed by atoms with van der Waals surface area (Å²) in [5.41, 5.74) is 4.90. The molecule has 3 N–H and O–H groups in total. The number of sulfonamides is 1. The number of hydrogen-bond donors (Lipinski definition) is 2. The maximum absolute atomic E-state index is 12.2. The van der Waals surface area contributed by atoms with Crippen molar-refractivity contribution in [2.75, 3.05) is 13.7 Å². The van der Waals surface area contributed by atoms with Gasteiger partial charge in [0.1, 0.15) is 0 Å². The van der Waals surface area contributed by atoms with Crippen LogP contribution in [0.3, 0.4) is 0 Å². The number of rotatable bonds is 5. The van der Waals surface area contributed by atoms with Gasteiger partial charge in [0.05, 0.1) is 17.6 Å². The maximum atomic E-state index is 12.2. The van der Waals surface area contributed by atoms with E-state index in [4.69, 9.17) is 5.73 Å². The summed E-state index contributed by atoms with van der Waals surface area (Å²) in [5.74, 6) is -0.588. The van der Waals surface area contributed by atoms with Gasteiger partial charge in [0.2, 0.25) is 10.0 Å². The fraction of sp³-hybridized carbons (Fsp3) is 0.417. The van der Waals surface area contributed by atoms with Crippen molar-refractivity contribution in [3.63, 3.8) is 0 Å². The minimum Gasteiger partial charge on any atom is -0.465 e. The quantitative estimate of drug-likeness (QED) is 0.767. The molecule has 0 aliphatic heterocycles. The van der Waals surface area contributed by atoms with E-state index in [1.54, 1.807) is 13.8 Å². The molecule has 0 unspecified atom stereocenters. The van der Waals surface area contributed by atoms with Gasteiger partial charge < -0.3 is 10.5 Å². The average Bonchev–Trinajstić information content (AvgIpc) is 2.37. The largest absolute Gasteiger partial charge is 0.465 e. The van der Waals surface area contributed by atoms with Crippen LogP contribution < -0.4 is 10.5 Å². The van der Waals surface area contributed by atoms with Crippen LogP contribution in [-0.4, -0.2) is 33.6 Å². The molecular weight excluding hydrogens is 268 g/mol. The first-order chi connectivity index (χ1) is 8.72. The van der Waals surface area contributed by atoms with Crippen molar-refractivity contribution in [1.29, 1.82) is 0 Å². The SMILES string of the molecule is COC(=O)c1cccc(S(=O)(=O)NC(C)(C)CN)c1. The van der Waals surface area contributed by atoms with Crippen molar-refractivity contribution >= 4 is 16.0 Å². The van der Waals surface area contributed by atoms with E-state index in [0.717, 1.165) is 0 Å². The molecule has 0 fully saturated rings. The molecule has 1 aromatic carbocycles. The lowest BCUT2D eigenvalue weighted by Crippen LogP contribution is -2.48. The Balaban J connectivity index is 3.12. The number of benzene rings is 1. The van der Waals surface area contributed by atoms with Gasteiger partial charge in [-0.3, -0.25) is 0 Å². The smallest absolute Gasteiger partial charge is 0.337 e. The second-order valence-electron chi connectivity index (χ2n) is 4.71. The van der Waals surface area contributed by atoms with Gasteiger partial charge in [0.15, 0.2) is 0 Å². The molecule has 0 amide bonds. The lowest BCUT2D eigenvalue weighted by molar-refractivity contribution is 0.0600. The molecule has 0 atom stereocenters. The third-order valence-electron chi connectivity index (χ3n) is 2.49. The van der Waals surface area contributed by atoms with Crippen molar-refractivity contribution in [1.82, 2.24) is 4.72 Å². The number of carbonyl (C=O) groups excluding carboxylic acids is 1. The second-order valence-corrected chi connectivity index (χ2v) is 6.40. The second kappa shape index (κ2) is 5.68. The number of nitrogens with two attached hydrogens (primary N) is 1. The molecule has 106 valence electrons. The zero-order valence-corrected chi connectivity index (χ0v) is 12.0. The van der Waals surface area contributed by atoms with Crippen molar-refractivity contribution in [3.8, 4) is 0 Å². The van der Waals surface area contributed by atoms with E-state index in [1.807, 2.05) is 0 Å². The molecule has 1 rings (SSSR count). The molecule has 0 aromatic heterocycles. The summed E-state index contributed by atoms with van der Waals surface area (Å²) in [6.45, 7) is 3.51. The van der Waals surface area contributed by atoms with E-state index in [1.165, 1.54) is 31.4 Å². The summed E-state index contributed by atoms with van der Waals surface area (Å²) in [5, 5.41) is 0. The Morgan fingerprint density at radius 1 is 1.42 bits per heavy atom. The Labute approximate surface area is 113 Å². The summed E-state index contributed by atoms with van der Waals surface area (Å²) in [6, 6.07) is 5.64. The van der Waals surface area contributed by atoms with E-state index < -0.39 is 21.5 Å². The van der Waals surface area contributed by atoms with Gasteiger partial charge in [0, 0.05) is 12.1 Å². The molecule has 0 saturated heterocycles. The molecule has 0 radical (unpaired) electrons. The summed E-state index contributed by atoms with van der Waals surface area (Å²) in [7, 11) is -2.50. The van der Waals surface area contributed by atoms with E-state index in [2.05, 4.69) is 9.46 Å². The number of carbonyl (C=O) groups is 1. The van der Waals surface area contributed by atoms with Crippen LogP contribution in [0.25, 0.3) is 0 Å². The molecule has 0 saturated carbocycles. The highest BCUT2D eigenvalue weighted by atomic mass is 32.2. The van der Waals surface area contributed by atoms with Crippen molar-refractivity contribution in [2.24, 2.45) is 5.73 Å². The molecule has 0 heterocycles. The van der Waals surface area contributed by atoms with Gasteiger partial charge in [-0.1, -0.05) is 6.07 Å². The number of nitrogens with one attached hydrogen (secondary N) is 1. The van der Waals surface area contributed by atoms with Crippen LogP contribution in [-0.2, 0) is 14.8 Å². The van der Waals surface area contributed by atoms with Gasteiger partial charge >= 0.3 is 5.97 Å². The first kappa shape index (κ1) is 15.6. The Bertz CT molecular complexity index is 567. The highest BCUT2D eigenvalue weighted by Crippen LogP contribution is 2.15. The van der Waals surface area contributed by atoms with E-state index in [0.29, 0.717) is 0 Å². The molecule has 19 heavy (non-hydrogen) atoms. The van der Waals surface area contributed by atoms with E-state index in [-0.39, 0.29) is 17.0 Å². The summed E-state index contributed by atoms with van der Waals surface area (Å²) < 4.78 is 31.3. The average molecular weight is 286 g/mol. The van der Waals surface area contributed by atoms with Crippen molar-refractivity contribution < 1.29 is 17.9 Å². The Kier molecular flexibility index (Phi) is 4.67.